The van der Waals surface area contributed by atoms with Gasteiger partial charge in [-0.05, 0) is 20.3 Å². The van der Waals surface area contributed by atoms with E-state index in [2.05, 4.69) is 6.07 Å². The van der Waals surface area contributed by atoms with Crippen LogP contribution in [0.1, 0.15) is 34.1 Å². The summed E-state index contributed by atoms with van der Waals surface area (Å²) in [4.78, 5) is 0. The Labute approximate surface area is 77.4 Å². The highest BCUT2D eigenvalue weighted by molar-refractivity contribution is 7.85. The quantitative estimate of drug-likeness (QED) is 0.676. The molecule has 0 aliphatic heterocycles. The van der Waals surface area contributed by atoms with E-state index in [4.69, 9.17) is 5.26 Å². The summed E-state index contributed by atoms with van der Waals surface area (Å²) in [6, 6.07) is 2.20. The molecule has 0 aromatic heterocycles. The van der Waals surface area contributed by atoms with Crippen molar-refractivity contribution in [3.05, 3.63) is 0 Å². The van der Waals surface area contributed by atoms with Gasteiger partial charge in [-0.15, -0.1) is 0 Å². The maximum Gasteiger partial charge on any atom is 0.0684 e. The van der Waals surface area contributed by atoms with Crippen LogP contribution in [0.3, 0.4) is 0 Å². The van der Waals surface area contributed by atoms with Gasteiger partial charge >= 0.3 is 0 Å². The summed E-state index contributed by atoms with van der Waals surface area (Å²) in [6.45, 7) is 7.64. The van der Waals surface area contributed by atoms with E-state index in [9.17, 15) is 4.21 Å². The van der Waals surface area contributed by atoms with Gasteiger partial charge in [0.25, 0.3) is 0 Å². The second-order valence-corrected chi connectivity index (χ2v) is 5.99. The fourth-order valence-corrected chi connectivity index (χ4v) is 1.83. The molecule has 1 atom stereocenters. The largest absolute Gasteiger partial charge is 0.259 e. The lowest BCUT2D eigenvalue weighted by Gasteiger charge is -2.14. The van der Waals surface area contributed by atoms with E-state index in [1.165, 1.54) is 0 Å². The maximum absolute atomic E-state index is 11.3. The summed E-state index contributed by atoms with van der Waals surface area (Å²) in [5.41, 5.74) is -0.329. The van der Waals surface area contributed by atoms with E-state index in [1.54, 1.807) is 0 Å². The molecule has 0 radical (unpaired) electrons. The zero-order valence-electron chi connectivity index (χ0n) is 8.26. The Morgan fingerprint density at radius 1 is 1.50 bits per heavy atom. The van der Waals surface area contributed by atoms with E-state index in [1.807, 2.05) is 27.7 Å². The minimum atomic E-state index is -0.771. The van der Waals surface area contributed by atoms with Gasteiger partial charge in [-0.2, -0.15) is 5.26 Å². The first-order valence-electron chi connectivity index (χ1n) is 4.17. The first kappa shape index (κ1) is 11.6. The molecule has 0 N–H and O–H groups in total. The molecule has 0 heterocycles. The summed E-state index contributed by atoms with van der Waals surface area (Å²) in [7, 11) is -0.771. The Morgan fingerprint density at radius 2 is 2.00 bits per heavy atom. The van der Waals surface area contributed by atoms with Crippen molar-refractivity contribution in [1.82, 2.24) is 0 Å². The van der Waals surface area contributed by atoms with Crippen molar-refractivity contribution >= 4 is 10.8 Å². The van der Waals surface area contributed by atoms with Crippen LogP contribution in [0.5, 0.6) is 0 Å². The third-order valence-electron chi connectivity index (χ3n) is 1.76. The van der Waals surface area contributed by atoms with E-state index >= 15 is 0 Å². The molecule has 0 aliphatic carbocycles. The van der Waals surface area contributed by atoms with E-state index in [-0.39, 0.29) is 10.7 Å². The zero-order valence-corrected chi connectivity index (χ0v) is 9.07. The van der Waals surface area contributed by atoms with E-state index in [0.717, 1.165) is 0 Å². The Bertz CT molecular complexity index is 203. The molecule has 0 amide bonds. The molecule has 0 saturated heterocycles. The van der Waals surface area contributed by atoms with E-state index in [0.29, 0.717) is 12.2 Å². The van der Waals surface area contributed by atoms with Gasteiger partial charge in [-0.3, -0.25) is 4.21 Å². The minimum absolute atomic E-state index is 0.208. The smallest absolute Gasteiger partial charge is 0.0684 e. The molecule has 0 fully saturated rings. The van der Waals surface area contributed by atoms with Crippen molar-refractivity contribution in [2.24, 2.45) is 5.41 Å². The van der Waals surface area contributed by atoms with Crippen LogP contribution in [0.2, 0.25) is 0 Å². The van der Waals surface area contributed by atoms with Crippen LogP contribution in [0.15, 0.2) is 0 Å². The monoisotopic (exact) mass is 187 g/mol. The molecule has 0 spiro atoms. The van der Waals surface area contributed by atoms with Crippen LogP contribution >= 0.6 is 0 Å². The average Bonchev–Trinajstić information content (AvgIpc) is 2.00. The zero-order chi connectivity index (χ0) is 9.78. The highest BCUT2D eigenvalue weighted by Crippen LogP contribution is 2.19. The first-order chi connectivity index (χ1) is 5.39. The Hall–Kier alpha value is -0.360. The molecule has 0 aromatic carbocycles. The molecule has 0 bridgehead atoms. The summed E-state index contributed by atoms with van der Waals surface area (Å²) in [5, 5.41) is 8.90. The average molecular weight is 187 g/mol. The lowest BCUT2D eigenvalue weighted by molar-refractivity contribution is 0.478. The van der Waals surface area contributed by atoms with Gasteiger partial charge in [0, 0.05) is 21.8 Å². The van der Waals surface area contributed by atoms with Gasteiger partial charge in [-0.25, -0.2) is 0 Å². The summed E-state index contributed by atoms with van der Waals surface area (Å²) < 4.78 is 11.3. The van der Waals surface area contributed by atoms with Crippen LogP contribution in [0, 0.1) is 16.7 Å². The second kappa shape index (κ2) is 4.61. The number of rotatable bonds is 4. The maximum atomic E-state index is 11.3. The number of hydrogen-bond donors (Lipinski definition) is 0. The standard InChI is InChI=1S/C9H17NOS/c1-8(2)12(11)6-5-9(3,4)7-10/h8H,5-6H2,1-4H3. The third kappa shape index (κ3) is 4.50. The van der Waals surface area contributed by atoms with Crippen molar-refractivity contribution in [3.8, 4) is 6.07 Å². The van der Waals surface area contributed by atoms with Crippen molar-refractivity contribution < 1.29 is 4.21 Å². The molecule has 70 valence electrons. The third-order valence-corrected chi connectivity index (χ3v) is 3.41. The molecule has 0 aromatic rings. The highest BCUT2D eigenvalue weighted by atomic mass is 32.2. The van der Waals surface area contributed by atoms with Crippen LogP contribution in [-0.2, 0) is 10.8 Å². The van der Waals surface area contributed by atoms with Crippen molar-refractivity contribution in [3.63, 3.8) is 0 Å². The predicted octanol–water partition coefficient (Wildman–Crippen LogP) is 2.08. The van der Waals surface area contributed by atoms with Gasteiger partial charge in [0.05, 0.1) is 11.5 Å². The van der Waals surface area contributed by atoms with Crippen LogP contribution in [0.4, 0.5) is 0 Å². The lowest BCUT2D eigenvalue weighted by atomic mass is 9.93. The second-order valence-electron chi connectivity index (χ2n) is 3.88. The van der Waals surface area contributed by atoms with Crippen molar-refractivity contribution in [1.29, 1.82) is 5.26 Å². The summed E-state index contributed by atoms with van der Waals surface area (Å²) in [5.74, 6) is 0.637. The van der Waals surface area contributed by atoms with Gasteiger partial charge in [0.15, 0.2) is 0 Å². The van der Waals surface area contributed by atoms with Gasteiger partial charge in [0.2, 0.25) is 0 Å². The first-order valence-corrected chi connectivity index (χ1v) is 5.55. The van der Waals surface area contributed by atoms with Crippen molar-refractivity contribution in [2.45, 2.75) is 39.4 Å². The molecular formula is C9H17NOS. The normalized spacial score (nSPS) is 14.3. The predicted molar refractivity (Wildman–Crippen MR) is 52.2 cm³/mol. The van der Waals surface area contributed by atoms with Gasteiger partial charge in [-0.1, -0.05) is 13.8 Å². The van der Waals surface area contributed by atoms with Crippen LogP contribution < -0.4 is 0 Å². The summed E-state index contributed by atoms with van der Waals surface area (Å²) >= 11 is 0. The Morgan fingerprint density at radius 3 is 2.33 bits per heavy atom. The fourth-order valence-electron chi connectivity index (χ4n) is 0.647. The molecule has 3 heteroatoms. The minimum Gasteiger partial charge on any atom is -0.259 e. The lowest BCUT2D eigenvalue weighted by Crippen LogP contribution is -2.16. The van der Waals surface area contributed by atoms with Crippen LogP contribution in [-0.4, -0.2) is 15.2 Å². The fraction of sp³-hybridized carbons (Fsp3) is 0.889. The topological polar surface area (TPSA) is 40.9 Å². The highest BCUT2D eigenvalue weighted by Gasteiger charge is 2.18. The number of nitrogens with zero attached hydrogens (tertiary/aromatic N) is 1. The van der Waals surface area contributed by atoms with E-state index < -0.39 is 10.8 Å². The molecule has 0 saturated carbocycles. The molecule has 12 heavy (non-hydrogen) atoms. The molecule has 0 aliphatic rings. The number of hydrogen-bond acceptors (Lipinski definition) is 2. The van der Waals surface area contributed by atoms with Gasteiger partial charge < -0.3 is 0 Å². The summed E-state index contributed by atoms with van der Waals surface area (Å²) in [6.07, 6.45) is 0.717. The SMILES string of the molecule is CC(C)S(=O)CCC(C)(C)C#N. The molecule has 0 rings (SSSR count). The van der Waals surface area contributed by atoms with Crippen molar-refractivity contribution in [2.75, 3.05) is 5.75 Å². The molecule has 1 unspecified atom stereocenters. The molecule has 2 nitrogen and oxygen atoms in total. The number of nitriles is 1. The van der Waals surface area contributed by atoms with Crippen LogP contribution in [0.25, 0.3) is 0 Å². The molecular weight excluding hydrogens is 170 g/mol. The Balaban J connectivity index is 3.86. The van der Waals surface area contributed by atoms with Gasteiger partial charge in [0.1, 0.15) is 0 Å². The Kier molecular flexibility index (Phi) is 4.47.